The van der Waals surface area contributed by atoms with E-state index in [-0.39, 0.29) is 10.8 Å². The Labute approximate surface area is 138 Å². The third kappa shape index (κ3) is 3.60. The molecule has 8 nitrogen and oxygen atoms in total. The summed E-state index contributed by atoms with van der Waals surface area (Å²) in [5.74, 6) is -0.939. The number of urea groups is 1. The van der Waals surface area contributed by atoms with E-state index >= 15 is 0 Å². The van der Waals surface area contributed by atoms with Crippen LogP contribution in [0.2, 0.25) is 0 Å². The lowest BCUT2D eigenvalue weighted by Gasteiger charge is -2.29. The highest BCUT2D eigenvalue weighted by molar-refractivity contribution is 8.01. The molecule has 23 heavy (non-hydrogen) atoms. The van der Waals surface area contributed by atoms with Crippen LogP contribution in [0.25, 0.3) is 0 Å². The molecular weight excluding hydrogens is 322 g/mol. The number of carbonyl (C=O) groups is 4. The van der Waals surface area contributed by atoms with Crippen LogP contribution in [0.15, 0.2) is 0 Å². The Balaban J connectivity index is 1.93. The molecule has 0 radical (unpaired) electrons. The van der Waals surface area contributed by atoms with Gasteiger partial charge in [-0.3, -0.25) is 14.9 Å². The third-order valence-electron chi connectivity index (χ3n) is 3.95. The molecule has 4 amide bonds. The molecule has 128 valence electrons. The van der Waals surface area contributed by atoms with Crippen molar-refractivity contribution in [3.8, 4) is 0 Å². The Morgan fingerprint density at radius 2 is 2.17 bits per heavy atom. The Bertz CT molecular complexity index is 541. The highest BCUT2D eigenvalue weighted by Crippen LogP contribution is 2.47. The Morgan fingerprint density at radius 3 is 2.83 bits per heavy atom. The van der Waals surface area contributed by atoms with Gasteiger partial charge in [0.05, 0.1) is 4.87 Å². The SMILES string of the molecule is CCNC(=O)NC(=O)[C@H](C)OC(=O)[C@H]1CS[C@@]2(C)CCC(=O)N12. The zero-order valence-electron chi connectivity index (χ0n) is 13.4. The molecule has 2 saturated heterocycles. The van der Waals surface area contributed by atoms with Crippen LogP contribution in [-0.2, 0) is 19.1 Å². The number of hydrogen-bond acceptors (Lipinski definition) is 6. The second-order valence-electron chi connectivity index (χ2n) is 5.69. The van der Waals surface area contributed by atoms with Crippen LogP contribution in [-0.4, -0.2) is 58.0 Å². The van der Waals surface area contributed by atoms with Gasteiger partial charge >= 0.3 is 12.0 Å². The lowest BCUT2D eigenvalue weighted by atomic mass is 10.2. The van der Waals surface area contributed by atoms with Gasteiger partial charge in [-0.15, -0.1) is 11.8 Å². The summed E-state index contributed by atoms with van der Waals surface area (Å²) in [5.41, 5.74) is 0. The van der Waals surface area contributed by atoms with Gasteiger partial charge in [-0.05, 0) is 27.2 Å². The van der Waals surface area contributed by atoms with Gasteiger partial charge in [-0.25, -0.2) is 9.59 Å². The van der Waals surface area contributed by atoms with E-state index in [1.54, 1.807) is 23.6 Å². The van der Waals surface area contributed by atoms with Crippen LogP contribution in [0.4, 0.5) is 4.79 Å². The molecule has 9 heteroatoms. The molecule has 2 aliphatic rings. The normalized spacial score (nSPS) is 27.3. The van der Waals surface area contributed by atoms with Crippen molar-refractivity contribution < 1.29 is 23.9 Å². The van der Waals surface area contributed by atoms with Crippen molar-refractivity contribution in [1.82, 2.24) is 15.5 Å². The van der Waals surface area contributed by atoms with Crippen molar-refractivity contribution in [3.63, 3.8) is 0 Å². The standard InChI is InChI=1S/C14H21N3O5S/c1-4-15-13(21)16-11(19)8(2)22-12(20)9-7-23-14(3)6-5-10(18)17(9)14/h8-9H,4-7H2,1-3H3,(H2,15,16,19,21)/t8-,9+,14-/m0/s1. The maximum absolute atomic E-state index is 12.3. The fraction of sp³-hybridized carbons (Fsp3) is 0.714. The van der Waals surface area contributed by atoms with E-state index in [1.807, 2.05) is 6.92 Å². The lowest BCUT2D eigenvalue weighted by molar-refractivity contribution is -0.161. The summed E-state index contributed by atoms with van der Waals surface area (Å²) in [6.45, 7) is 5.41. The van der Waals surface area contributed by atoms with E-state index in [0.717, 1.165) is 0 Å². The summed E-state index contributed by atoms with van der Waals surface area (Å²) in [6, 6.07) is -1.32. The van der Waals surface area contributed by atoms with Gasteiger partial charge in [0, 0.05) is 18.7 Å². The number of imide groups is 1. The first-order valence-electron chi connectivity index (χ1n) is 7.54. The molecule has 2 heterocycles. The summed E-state index contributed by atoms with van der Waals surface area (Å²) < 4.78 is 5.14. The topological polar surface area (TPSA) is 105 Å². The highest BCUT2D eigenvalue weighted by Gasteiger charge is 2.53. The molecule has 2 fully saturated rings. The molecule has 0 aromatic carbocycles. The van der Waals surface area contributed by atoms with Gasteiger partial charge in [0.1, 0.15) is 6.04 Å². The molecule has 3 atom stereocenters. The summed E-state index contributed by atoms with van der Waals surface area (Å²) in [7, 11) is 0. The number of hydrogen-bond donors (Lipinski definition) is 2. The molecule has 2 aliphatic heterocycles. The van der Waals surface area contributed by atoms with Crippen molar-refractivity contribution in [2.75, 3.05) is 12.3 Å². The number of rotatable bonds is 4. The third-order valence-corrected chi connectivity index (χ3v) is 5.46. The van der Waals surface area contributed by atoms with Crippen molar-refractivity contribution in [2.45, 2.75) is 50.6 Å². The second-order valence-corrected chi connectivity index (χ2v) is 7.19. The van der Waals surface area contributed by atoms with Crippen LogP contribution in [0.3, 0.4) is 0 Å². The monoisotopic (exact) mass is 343 g/mol. The molecule has 0 aromatic rings. The molecule has 0 spiro atoms. The molecular formula is C14H21N3O5S. The van der Waals surface area contributed by atoms with Crippen LogP contribution in [0, 0.1) is 0 Å². The number of fused-ring (bicyclic) bond motifs is 1. The first-order valence-corrected chi connectivity index (χ1v) is 8.52. The largest absolute Gasteiger partial charge is 0.451 e. The van der Waals surface area contributed by atoms with Crippen molar-refractivity contribution in [1.29, 1.82) is 0 Å². The summed E-state index contributed by atoms with van der Waals surface area (Å²) >= 11 is 1.55. The first-order chi connectivity index (χ1) is 10.8. The second kappa shape index (κ2) is 6.77. The smallest absolute Gasteiger partial charge is 0.330 e. The van der Waals surface area contributed by atoms with Crippen LogP contribution >= 0.6 is 11.8 Å². The number of nitrogens with zero attached hydrogens (tertiary/aromatic N) is 1. The van der Waals surface area contributed by atoms with Gasteiger partial charge in [0.2, 0.25) is 5.91 Å². The zero-order chi connectivity index (χ0) is 17.2. The maximum atomic E-state index is 12.3. The maximum Gasteiger partial charge on any atom is 0.330 e. The summed E-state index contributed by atoms with van der Waals surface area (Å²) in [4.78, 5) is 48.6. The molecule has 0 aliphatic carbocycles. The Morgan fingerprint density at radius 1 is 1.48 bits per heavy atom. The zero-order valence-corrected chi connectivity index (χ0v) is 14.2. The Hall–Kier alpha value is -1.77. The first kappa shape index (κ1) is 17.6. The van der Waals surface area contributed by atoms with E-state index in [1.165, 1.54) is 6.92 Å². The van der Waals surface area contributed by atoms with E-state index in [4.69, 9.17) is 4.74 Å². The Kier molecular flexibility index (Phi) is 5.18. The van der Waals surface area contributed by atoms with Gasteiger partial charge in [-0.2, -0.15) is 0 Å². The number of esters is 1. The number of ether oxygens (including phenoxy) is 1. The van der Waals surface area contributed by atoms with Gasteiger partial charge < -0.3 is 15.0 Å². The minimum absolute atomic E-state index is 0.0705. The van der Waals surface area contributed by atoms with Crippen LogP contribution in [0.1, 0.15) is 33.6 Å². The van der Waals surface area contributed by atoms with Gasteiger partial charge in [0.25, 0.3) is 5.91 Å². The predicted octanol–water partition coefficient (Wildman–Crippen LogP) is 0.218. The number of amides is 4. The van der Waals surface area contributed by atoms with Gasteiger partial charge in [0.15, 0.2) is 6.10 Å². The van der Waals surface area contributed by atoms with E-state index in [0.29, 0.717) is 25.1 Å². The molecule has 2 rings (SSSR count). The quantitative estimate of drug-likeness (QED) is 0.708. The van der Waals surface area contributed by atoms with E-state index in [9.17, 15) is 19.2 Å². The minimum atomic E-state index is -1.11. The van der Waals surface area contributed by atoms with E-state index in [2.05, 4.69) is 10.6 Å². The predicted molar refractivity (Wildman–Crippen MR) is 83.5 cm³/mol. The molecule has 0 saturated carbocycles. The van der Waals surface area contributed by atoms with Gasteiger partial charge in [-0.1, -0.05) is 0 Å². The molecule has 0 unspecified atom stereocenters. The lowest BCUT2D eigenvalue weighted by Crippen LogP contribution is -2.49. The average Bonchev–Trinajstić information content (AvgIpc) is 2.96. The average molecular weight is 343 g/mol. The summed E-state index contributed by atoms with van der Waals surface area (Å²) in [6.07, 6.45) is 0.00765. The number of thioether (sulfide) groups is 1. The molecule has 0 aromatic heterocycles. The van der Waals surface area contributed by atoms with Crippen molar-refractivity contribution in [3.05, 3.63) is 0 Å². The highest BCUT2D eigenvalue weighted by atomic mass is 32.2. The van der Waals surface area contributed by atoms with E-state index < -0.39 is 30.1 Å². The van der Waals surface area contributed by atoms with Crippen LogP contribution < -0.4 is 10.6 Å². The van der Waals surface area contributed by atoms with Crippen LogP contribution in [0.5, 0.6) is 0 Å². The number of nitrogens with one attached hydrogen (secondary N) is 2. The fourth-order valence-corrected chi connectivity index (χ4v) is 4.14. The fourth-order valence-electron chi connectivity index (χ4n) is 2.72. The molecule has 0 bridgehead atoms. The molecule has 2 N–H and O–H groups in total. The van der Waals surface area contributed by atoms with Crippen molar-refractivity contribution >= 4 is 35.6 Å². The summed E-state index contributed by atoms with van der Waals surface area (Å²) in [5, 5.41) is 4.50. The number of carbonyl (C=O) groups excluding carboxylic acids is 4. The minimum Gasteiger partial charge on any atom is -0.451 e. The van der Waals surface area contributed by atoms with Crippen molar-refractivity contribution in [2.24, 2.45) is 0 Å².